The zero-order valence-corrected chi connectivity index (χ0v) is 11.0. The van der Waals surface area contributed by atoms with Crippen LogP contribution in [0.2, 0.25) is 0 Å². The Bertz CT molecular complexity index is 556. The summed E-state index contributed by atoms with van der Waals surface area (Å²) in [5.74, 6) is 0.448. The number of alkyl halides is 3. The van der Waals surface area contributed by atoms with E-state index in [1.165, 1.54) is 0 Å². The van der Waals surface area contributed by atoms with E-state index in [0.717, 1.165) is 27.6 Å². The van der Waals surface area contributed by atoms with E-state index in [2.05, 4.69) is 15.5 Å². The van der Waals surface area contributed by atoms with Crippen molar-refractivity contribution in [2.75, 3.05) is 0 Å². The van der Waals surface area contributed by atoms with Gasteiger partial charge in [-0.3, -0.25) is 0 Å². The van der Waals surface area contributed by atoms with E-state index < -0.39 is 12.7 Å². The van der Waals surface area contributed by atoms with Crippen molar-refractivity contribution in [2.45, 2.75) is 30.2 Å². The second-order valence-electron chi connectivity index (χ2n) is 4.00. The molecule has 0 aliphatic carbocycles. The van der Waals surface area contributed by atoms with Crippen LogP contribution in [0.4, 0.5) is 13.2 Å². The zero-order valence-electron chi connectivity index (χ0n) is 10.2. The molecule has 20 heavy (non-hydrogen) atoms. The third kappa shape index (κ3) is 4.20. The minimum Gasteiger partial charge on any atom is -0.392 e. The van der Waals surface area contributed by atoms with Crippen LogP contribution in [0.5, 0.6) is 0 Å². The van der Waals surface area contributed by atoms with Crippen molar-refractivity contribution in [2.24, 2.45) is 0 Å². The van der Waals surface area contributed by atoms with E-state index in [9.17, 15) is 13.2 Å². The van der Waals surface area contributed by atoms with Crippen molar-refractivity contribution in [3.05, 3.63) is 35.4 Å². The maximum Gasteiger partial charge on any atom is 0.408 e. The number of tetrazole rings is 1. The lowest BCUT2D eigenvalue weighted by Gasteiger charge is -2.07. The molecule has 0 aliphatic rings. The Morgan fingerprint density at radius 1 is 1.15 bits per heavy atom. The summed E-state index contributed by atoms with van der Waals surface area (Å²) in [4.78, 5) is 0. The normalized spacial score (nSPS) is 11.8. The van der Waals surface area contributed by atoms with Gasteiger partial charge >= 0.3 is 6.18 Å². The number of halogens is 3. The van der Waals surface area contributed by atoms with E-state index in [0.29, 0.717) is 5.75 Å². The van der Waals surface area contributed by atoms with Gasteiger partial charge in [-0.25, -0.2) is 4.68 Å². The van der Waals surface area contributed by atoms with Gasteiger partial charge in [-0.15, -0.1) is 5.10 Å². The minimum atomic E-state index is -4.35. The summed E-state index contributed by atoms with van der Waals surface area (Å²) in [6.45, 7) is -1.25. The van der Waals surface area contributed by atoms with Gasteiger partial charge in [0.25, 0.3) is 0 Å². The zero-order chi connectivity index (χ0) is 14.6. The number of aliphatic hydroxyl groups excluding tert-OH is 1. The van der Waals surface area contributed by atoms with Crippen LogP contribution in [0.3, 0.4) is 0 Å². The lowest BCUT2D eigenvalue weighted by molar-refractivity contribution is -0.144. The van der Waals surface area contributed by atoms with E-state index in [1.54, 1.807) is 24.3 Å². The van der Waals surface area contributed by atoms with Gasteiger partial charge in [0.2, 0.25) is 5.16 Å². The number of rotatable bonds is 5. The fraction of sp³-hybridized carbons (Fsp3) is 0.364. The highest BCUT2D eigenvalue weighted by Gasteiger charge is 2.30. The fourth-order valence-electron chi connectivity index (χ4n) is 1.46. The van der Waals surface area contributed by atoms with Crippen molar-refractivity contribution >= 4 is 11.8 Å². The molecule has 0 saturated carbocycles. The molecule has 5 nitrogen and oxygen atoms in total. The fourth-order valence-corrected chi connectivity index (χ4v) is 2.29. The predicted molar refractivity (Wildman–Crippen MR) is 65.8 cm³/mol. The molecule has 1 N–H and O–H groups in total. The van der Waals surface area contributed by atoms with Gasteiger partial charge in [0, 0.05) is 5.75 Å². The molecule has 1 aromatic heterocycles. The predicted octanol–water partition coefficient (Wildman–Crippen LogP) is 2.02. The Kier molecular flexibility index (Phi) is 4.61. The van der Waals surface area contributed by atoms with Crippen molar-refractivity contribution in [3.63, 3.8) is 0 Å². The Balaban J connectivity index is 1.98. The number of nitrogens with zero attached hydrogens (tertiary/aromatic N) is 4. The number of benzene rings is 1. The first-order valence-electron chi connectivity index (χ1n) is 5.62. The van der Waals surface area contributed by atoms with Crippen molar-refractivity contribution in [1.82, 2.24) is 20.2 Å². The number of hydrogen-bond donors (Lipinski definition) is 1. The Labute approximate surface area is 116 Å². The lowest BCUT2D eigenvalue weighted by Crippen LogP contribution is -2.19. The Hall–Kier alpha value is -1.61. The number of hydrogen-bond acceptors (Lipinski definition) is 5. The van der Waals surface area contributed by atoms with E-state index >= 15 is 0 Å². The SMILES string of the molecule is OCc1ccc(CSc2nnnn2CC(F)(F)F)cc1. The molecule has 0 fully saturated rings. The molecule has 0 radical (unpaired) electrons. The molecule has 0 amide bonds. The quantitative estimate of drug-likeness (QED) is 0.856. The van der Waals surface area contributed by atoms with E-state index in [4.69, 9.17) is 5.11 Å². The van der Waals surface area contributed by atoms with E-state index in [1.807, 2.05) is 0 Å². The molecule has 1 aromatic carbocycles. The maximum absolute atomic E-state index is 12.3. The van der Waals surface area contributed by atoms with Crippen molar-refractivity contribution in [3.8, 4) is 0 Å². The summed E-state index contributed by atoms with van der Waals surface area (Å²) in [5.41, 5.74) is 1.69. The first kappa shape index (κ1) is 14.8. The van der Waals surface area contributed by atoms with Gasteiger partial charge in [0.1, 0.15) is 6.54 Å². The summed E-state index contributed by atoms with van der Waals surface area (Å²) in [6.07, 6.45) is -4.35. The highest BCUT2D eigenvalue weighted by molar-refractivity contribution is 7.98. The Morgan fingerprint density at radius 3 is 2.40 bits per heavy atom. The smallest absolute Gasteiger partial charge is 0.392 e. The highest BCUT2D eigenvalue weighted by Crippen LogP contribution is 2.23. The first-order valence-corrected chi connectivity index (χ1v) is 6.61. The second kappa shape index (κ2) is 6.23. The number of thioether (sulfide) groups is 1. The molecule has 9 heteroatoms. The summed E-state index contributed by atoms with van der Waals surface area (Å²) < 4.78 is 37.6. The van der Waals surface area contributed by atoms with Crippen LogP contribution in [0.1, 0.15) is 11.1 Å². The van der Waals surface area contributed by atoms with Crippen LogP contribution >= 0.6 is 11.8 Å². The van der Waals surface area contributed by atoms with Crippen molar-refractivity contribution < 1.29 is 18.3 Å². The second-order valence-corrected chi connectivity index (χ2v) is 4.94. The molecule has 0 spiro atoms. The molecule has 0 saturated heterocycles. The van der Waals surface area contributed by atoms with Gasteiger partial charge < -0.3 is 5.11 Å². The first-order chi connectivity index (χ1) is 9.48. The van der Waals surface area contributed by atoms with Crippen LogP contribution in [0, 0.1) is 0 Å². The topological polar surface area (TPSA) is 63.8 Å². The number of aliphatic hydroxyl groups is 1. The molecule has 0 bridgehead atoms. The molecule has 0 aliphatic heterocycles. The third-order valence-electron chi connectivity index (χ3n) is 2.40. The summed E-state index contributed by atoms with van der Waals surface area (Å²) in [6, 6.07) is 7.12. The maximum atomic E-state index is 12.3. The standard InChI is InChI=1S/C11H11F3N4OS/c12-11(13,14)7-18-10(15-16-17-18)20-6-9-3-1-8(5-19)2-4-9/h1-4,19H,5-7H2. The molecular weight excluding hydrogens is 293 g/mol. The Morgan fingerprint density at radius 2 is 1.80 bits per heavy atom. The van der Waals surface area contributed by atoms with Crippen LogP contribution in [0.15, 0.2) is 29.4 Å². The summed E-state index contributed by atoms with van der Waals surface area (Å²) in [5, 5.41) is 19.2. The van der Waals surface area contributed by atoms with Crippen molar-refractivity contribution in [1.29, 1.82) is 0 Å². The van der Waals surface area contributed by atoms with Gasteiger partial charge in [0.15, 0.2) is 0 Å². The molecule has 2 rings (SSSR count). The molecular formula is C11H11F3N4OS. The van der Waals surface area contributed by atoms with Crippen LogP contribution in [-0.4, -0.2) is 31.5 Å². The third-order valence-corrected chi connectivity index (χ3v) is 3.43. The molecule has 1 heterocycles. The summed E-state index contributed by atoms with van der Waals surface area (Å²) in [7, 11) is 0. The van der Waals surface area contributed by atoms with Gasteiger partial charge in [-0.05, 0) is 21.6 Å². The average molecular weight is 304 g/mol. The molecule has 2 aromatic rings. The molecule has 0 unspecified atom stereocenters. The average Bonchev–Trinajstić information content (AvgIpc) is 2.82. The number of aromatic nitrogens is 4. The van der Waals surface area contributed by atoms with Crippen LogP contribution < -0.4 is 0 Å². The van der Waals surface area contributed by atoms with Gasteiger partial charge in [-0.1, -0.05) is 36.0 Å². The molecule has 108 valence electrons. The monoisotopic (exact) mass is 304 g/mol. The minimum absolute atomic E-state index is 0.0444. The van der Waals surface area contributed by atoms with E-state index in [-0.39, 0.29) is 11.8 Å². The van der Waals surface area contributed by atoms with Crippen LogP contribution in [-0.2, 0) is 18.9 Å². The van der Waals surface area contributed by atoms with Gasteiger partial charge in [-0.2, -0.15) is 13.2 Å². The summed E-state index contributed by atoms with van der Waals surface area (Å²) >= 11 is 1.13. The van der Waals surface area contributed by atoms with Crippen LogP contribution in [0.25, 0.3) is 0 Å². The largest absolute Gasteiger partial charge is 0.408 e. The van der Waals surface area contributed by atoms with Gasteiger partial charge in [0.05, 0.1) is 6.61 Å². The highest BCUT2D eigenvalue weighted by atomic mass is 32.2. The lowest BCUT2D eigenvalue weighted by atomic mass is 10.2. The molecule has 0 atom stereocenters.